The van der Waals surface area contributed by atoms with Crippen LogP contribution in [0.15, 0.2) is 24.3 Å². The molecule has 0 saturated carbocycles. The normalized spacial score (nSPS) is 9.21. The quantitative estimate of drug-likeness (QED) is 0.486. The average molecular weight is 214 g/mol. The topological polar surface area (TPSA) is 61.4 Å². The van der Waals surface area contributed by atoms with Crippen LogP contribution in [0.5, 0.6) is 0 Å². The zero-order valence-corrected chi connectivity index (χ0v) is 7.77. The minimum atomic E-state index is -1.24. The van der Waals surface area contributed by atoms with Gasteiger partial charge in [-0.2, -0.15) is 0 Å². The highest BCUT2D eigenvalue weighted by atomic mass is 32.1. The van der Waals surface area contributed by atoms with Crippen LogP contribution in [0.2, 0.25) is 0 Å². The molecule has 0 aliphatic carbocycles. The summed E-state index contributed by atoms with van der Waals surface area (Å²) in [5, 5.41) is 8.26. The molecule has 1 aromatic carbocycles. The first-order valence-corrected chi connectivity index (χ1v) is 4.05. The van der Waals surface area contributed by atoms with Crippen molar-refractivity contribution in [1.82, 2.24) is 10.9 Å². The van der Waals surface area contributed by atoms with Crippen LogP contribution in [0.3, 0.4) is 0 Å². The van der Waals surface area contributed by atoms with E-state index in [4.69, 9.17) is 17.3 Å². The van der Waals surface area contributed by atoms with Gasteiger partial charge in [0.2, 0.25) is 0 Å². The number of thiocarbonyl (C=S) groups is 1. The first-order chi connectivity index (χ1) is 6.59. The standard InChI is InChI=1S/C8H7FN2O2S/c9-6-3-1-5(2-4-6)7(14)10-11-8(12)13/h1-4,11H,(H,10,14)(H,12,13). The van der Waals surface area contributed by atoms with Crippen molar-refractivity contribution in [2.24, 2.45) is 0 Å². The number of amides is 1. The molecular weight excluding hydrogens is 207 g/mol. The summed E-state index contributed by atoms with van der Waals surface area (Å²) in [7, 11) is 0. The minimum absolute atomic E-state index is 0.187. The first-order valence-electron chi connectivity index (χ1n) is 3.64. The second kappa shape index (κ2) is 4.52. The lowest BCUT2D eigenvalue weighted by molar-refractivity contribution is 0.192. The van der Waals surface area contributed by atoms with Gasteiger partial charge in [0.15, 0.2) is 0 Å². The van der Waals surface area contributed by atoms with Crippen molar-refractivity contribution in [2.75, 3.05) is 0 Å². The van der Waals surface area contributed by atoms with Gasteiger partial charge < -0.3 is 5.11 Å². The molecule has 0 spiro atoms. The summed E-state index contributed by atoms with van der Waals surface area (Å²) >= 11 is 4.82. The minimum Gasteiger partial charge on any atom is -0.464 e. The van der Waals surface area contributed by atoms with Crippen LogP contribution in [0, 0.1) is 5.82 Å². The van der Waals surface area contributed by atoms with Crippen molar-refractivity contribution in [3.8, 4) is 0 Å². The molecule has 3 N–H and O–H groups in total. The zero-order chi connectivity index (χ0) is 10.6. The number of hydrogen-bond donors (Lipinski definition) is 3. The number of hydrogen-bond acceptors (Lipinski definition) is 2. The maximum atomic E-state index is 12.5. The molecule has 6 heteroatoms. The van der Waals surface area contributed by atoms with Crippen LogP contribution < -0.4 is 10.9 Å². The molecule has 74 valence electrons. The van der Waals surface area contributed by atoms with Crippen molar-refractivity contribution >= 4 is 23.3 Å². The van der Waals surface area contributed by atoms with Gasteiger partial charge in [0.25, 0.3) is 0 Å². The molecule has 0 radical (unpaired) electrons. The number of carbonyl (C=O) groups is 1. The van der Waals surface area contributed by atoms with Gasteiger partial charge in [-0.05, 0) is 24.3 Å². The number of benzene rings is 1. The third kappa shape index (κ3) is 2.98. The van der Waals surface area contributed by atoms with E-state index in [1.807, 2.05) is 5.43 Å². The van der Waals surface area contributed by atoms with E-state index in [-0.39, 0.29) is 10.8 Å². The molecule has 0 fully saturated rings. The molecule has 0 unspecified atom stereocenters. The Kier molecular flexibility index (Phi) is 3.35. The summed E-state index contributed by atoms with van der Waals surface area (Å²) in [6, 6.07) is 5.39. The fourth-order valence-corrected chi connectivity index (χ4v) is 0.971. The van der Waals surface area contributed by atoms with Gasteiger partial charge in [-0.3, -0.25) is 5.43 Å². The Morgan fingerprint density at radius 1 is 1.29 bits per heavy atom. The van der Waals surface area contributed by atoms with E-state index in [9.17, 15) is 9.18 Å². The average Bonchev–Trinajstić information content (AvgIpc) is 2.15. The van der Waals surface area contributed by atoms with Crippen LogP contribution >= 0.6 is 12.2 Å². The molecule has 0 bridgehead atoms. The summed E-state index contributed by atoms with van der Waals surface area (Å²) < 4.78 is 12.5. The van der Waals surface area contributed by atoms with Crippen LogP contribution in [-0.4, -0.2) is 16.2 Å². The summed E-state index contributed by atoms with van der Waals surface area (Å²) in [5.74, 6) is -0.372. The number of rotatable bonds is 1. The highest BCUT2D eigenvalue weighted by molar-refractivity contribution is 7.80. The number of halogens is 1. The van der Waals surface area contributed by atoms with Gasteiger partial charge in [-0.1, -0.05) is 12.2 Å². The van der Waals surface area contributed by atoms with Crippen LogP contribution in [0.25, 0.3) is 0 Å². The van der Waals surface area contributed by atoms with Gasteiger partial charge in [0, 0.05) is 5.56 Å². The van der Waals surface area contributed by atoms with E-state index < -0.39 is 6.09 Å². The molecule has 1 amide bonds. The molecular formula is C8H7FN2O2S. The largest absolute Gasteiger partial charge is 0.464 e. The first kappa shape index (κ1) is 10.4. The van der Waals surface area contributed by atoms with Crippen molar-refractivity contribution in [1.29, 1.82) is 0 Å². The Morgan fingerprint density at radius 3 is 2.36 bits per heavy atom. The maximum Gasteiger partial charge on any atom is 0.423 e. The molecule has 0 aliphatic heterocycles. The van der Waals surface area contributed by atoms with Crippen molar-refractivity contribution < 1.29 is 14.3 Å². The molecule has 0 atom stereocenters. The lowest BCUT2D eigenvalue weighted by atomic mass is 10.2. The summed E-state index contributed by atoms with van der Waals surface area (Å²) in [4.78, 5) is 10.3. The van der Waals surface area contributed by atoms with Crippen LogP contribution in [-0.2, 0) is 0 Å². The molecule has 0 aliphatic rings. The molecule has 1 rings (SSSR count). The van der Waals surface area contributed by atoms with Gasteiger partial charge in [0.05, 0.1) is 0 Å². The lowest BCUT2D eigenvalue weighted by Gasteiger charge is -2.06. The molecule has 0 saturated heterocycles. The Labute approximate surface area is 84.7 Å². The second-order valence-electron chi connectivity index (χ2n) is 2.39. The smallest absolute Gasteiger partial charge is 0.423 e. The van der Waals surface area contributed by atoms with E-state index in [2.05, 4.69) is 5.43 Å². The number of nitrogens with one attached hydrogen (secondary N) is 2. The Balaban J connectivity index is 2.61. The third-order valence-corrected chi connectivity index (χ3v) is 1.73. The van der Waals surface area contributed by atoms with E-state index in [1.54, 1.807) is 0 Å². The second-order valence-corrected chi connectivity index (χ2v) is 2.80. The Hall–Kier alpha value is -1.69. The molecule has 4 nitrogen and oxygen atoms in total. The van der Waals surface area contributed by atoms with Crippen molar-refractivity contribution in [3.05, 3.63) is 35.6 Å². The zero-order valence-electron chi connectivity index (χ0n) is 6.95. The van der Waals surface area contributed by atoms with E-state index in [0.717, 1.165) is 0 Å². The fourth-order valence-electron chi connectivity index (χ4n) is 0.784. The Bertz CT molecular complexity index is 353. The summed E-state index contributed by atoms with van der Waals surface area (Å²) in [6.45, 7) is 0. The summed E-state index contributed by atoms with van der Waals surface area (Å²) in [5.41, 5.74) is 4.70. The van der Waals surface area contributed by atoms with Crippen molar-refractivity contribution in [3.63, 3.8) is 0 Å². The fraction of sp³-hybridized carbons (Fsp3) is 0. The maximum absolute atomic E-state index is 12.5. The molecule has 0 aromatic heterocycles. The predicted octanol–water partition coefficient (Wildman–Crippen LogP) is 1.27. The van der Waals surface area contributed by atoms with E-state index in [0.29, 0.717) is 5.56 Å². The lowest BCUT2D eigenvalue weighted by Crippen LogP contribution is -2.40. The van der Waals surface area contributed by atoms with Gasteiger partial charge in [-0.15, -0.1) is 0 Å². The van der Waals surface area contributed by atoms with Gasteiger partial charge >= 0.3 is 6.09 Å². The number of hydrazine groups is 1. The van der Waals surface area contributed by atoms with E-state index in [1.165, 1.54) is 24.3 Å². The van der Waals surface area contributed by atoms with Crippen LogP contribution in [0.1, 0.15) is 5.56 Å². The summed E-state index contributed by atoms with van der Waals surface area (Å²) in [6.07, 6.45) is -1.24. The SMILES string of the molecule is O=C(O)NNC(=S)c1ccc(F)cc1. The third-order valence-electron chi connectivity index (χ3n) is 1.39. The van der Waals surface area contributed by atoms with Crippen molar-refractivity contribution in [2.45, 2.75) is 0 Å². The van der Waals surface area contributed by atoms with Crippen LogP contribution in [0.4, 0.5) is 9.18 Å². The molecule has 1 aromatic rings. The molecule has 0 heterocycles. The highest BCUT2D eigenvalue weighted by Gasteiger charge is 2.01. The van der Waals surface area contributed by atoms with Gasteiger partial charge in [0.1, 0.15) is 10.8 Å². The monoisotopic (exact) mass is 214 g/mol. The number of carboxylic acid groups (broad SMARTS) is 1. The Morgan fingerprint density at radius 2 is 1.86 bits per heavy atom. The van der Waals surface area contributed by atoms with E-state index >= 15 is 0 Å². The highest BCUT2D eigenvalue weighted by Crippen LogP contribution is 2.02. The molecule has 14 heavy (non-hydrogen) atoms. The van der Waals surface area contributed by atoms with Gasteiger partial charge in [-0.25, -0.2) is 14.6 Å². The predicted molar refractivity (Wildman–Crippen MR) is 52.4 cm³/mol.